The van der Waals surface area contributed by atoms with Crippen molar-refractivity contribution in [3.8, 4) is 17.0 Å². The number of hydrogen-bond donors (Lipinski definition) is 1. The minimum absolute atomic E-state index is 0.0941. The number of methoxy groups -OCH3 is 1. The van der Waals surface area contributed by atoms with Gasteiger partial charge in [-0.3, -0.25) is 4.79 Å². The first kappa shape index (κ1) is 26.8. The molecule has 2 fully saturated rings. The summed E-state index contributed by atoms with van der Waals surface area (Å²) >= 11 is 0. The first-order valence-corrected chi connectivity index (χ1v) is 14.4. The fourth-order valence-electron chi connectivity index (χ4n) is 6.83. The Bertz CT molecular complexity index is 1420. The van der Waals surface area contributed by atoms with E-state index in [1.165, 1.54) is 29.4 Å². The summed E-state index contributed by atoms with van der Waals surface area (Å²) in [5.74, 6) is 1.84. The second kappa shape index (κ2) is 10.9. The Morgan fingerprint density at radius 3 is 2.83 bits per heavy atom. The summed E-state index contributed by atoms with van der Waals surface area (Å²) in [5, 5.41) is 3.47. The van der Waals surface area contributed by atoms with Crippen molar-refractivity contribution in [2.24, 2.45) is 11.3 Å². The van der Waals surface area contributed by atoms with Crippen LogP contribution in [0.4, 0.5) is 5.82 Å². The highest BCUT2D eigenvalue weighted by Crippen LogP contribution is 2.62. The van der Waals surface area contributed by atoms with E-state index in [9.17, 15) is 4.79 Å². The van der Waals surface area contributed by atoms with Gasteiger partial charge in [0.25, 0.3) is 0 Å². The van der Waals surface area contributed by atoms with E-state index in [0.717, 1.165) is 60.9 Å². The molecule has 1 aliphatic carbocycles. The molecule has 7 nitrogen and oxygen atoms in total. The van der Waals surface area contributed by atoms with Crippen LogP contribution in [0, 0.1) is 25.2 Å². The van der Waals surface area contributed by atoms with Crippen LogP contribution < -0.4 is 15.0 Å². The summed E-state index contributed by atoms with van der Waals surface area (Å²) in [6.45, 7) is 10.6. The molecule has 0 radical (unpaired) electrons. The molecule has 1 saturated carbocycles. The van der Waals surface area contributed by atoms with Gasteiger partial charge in [-0.15, -0.1) is 0 Å². The highest BCUT2D eigenvalue weighted by Gasteiger charge is 2.71. The molecule has 0 spiro atoms. The van der Waals surface area contributed by atoms with Crippen LogP contribution in [0.1, 0.15) is 41.2 Å². The average Bonchev–Trinajstić information content (AvgIpc) is 3.61. The lowest BCUT2D eigenvalue weighted by Gasteiger charge is -2.32. The topological polar surface area (TPSA) is 72.9 Å². The summed E-state index contributed by atoms with van der Waals surface area (Å²) in [4.78, 5) is 20.2. The fraction of sp³-hybridized carbons (Fsp3) is 0.455. The number of anilines is 1. The van der Waals surface area contributed by atoms with Crippen LogP contribution in [-0.4, -0.2) is 50.4 Å². The monoisotopic (exact) mass is 541 g/mol. The average molecular weight is 542 g/mol. The van der Waals surface area contributed by atoms with Crippen LogP contribution in [0.3, 0.4) is 0 Å². The van der Waals surface area contributed by atoms with Gasteiger partial charge in [-0.1, -0.05) is 30.3 Å². The number of fused-ring (bicyclic) bond motifs is 2. The first-order valence-electron chi connectivity index (χ1n) is 14.4. The van der Waals surface area contributed by atoms with Crippen molar-refractivity contribution in [1.29, 1.82) is 0 Å². The normalized spacial score (nSPS) is 22.9. The Morgan fingerprint density at radius 1 is 1.15 bits per heavy atom. The Balaban J connectivity index is 1.28. The number of carbonyl (C=O) groups excluding carboxylic acids is 1. The quantitative estimate of drug-likeness (QED) is 0.383. The van der Waals surface area contributed by atoms with E-state index in [1.807, 2.05) is 25.1 Å². The molecule has 3 heterocycles. The summed E-state index contributed by atoms with van der Waals surface area (Å²) in [7, 11) is 1.48. The van der Waals surface area contributed by atoms with Crippen LogP contribution in [0.15, 0.2) is 48.5 Å². The number of benzene rings is 2. The molecule has 6 rings (SSSR count). The third-order valence-electron chi connectivity index (χ3n) is 8.98. The number of aromatic nitrogens is 1. The van der Waals surface area contributed by atoms with Gasteiger partial charge in [0.2, 0.25) is 0 Å². The third kappa shape index (κ3) is 4.65. The second-order valence-corrected chi connectivity index (χ2v) is 11.4. The SMILES string of the molecule is CCOC[C@@H]1N(c2cccc(-c3cccc(C)c3OCc3cc(C)c4c(c3)CCNC4)n2)C[C@@H]2C[C@@]21C(=O)OC. The lowest BCUT2D eigenvalue weighted by atomic mass is 9.94. The molecule has 3 aliphatic rings. The molecule has 0 unspecified atom stereocenters. The van der Waals surface area contributed by atoms with Gasteiger partial charge in [0.05, 0.1) is 30.9 Å². The van der Waals surface area contributed by atoms with Crippen molar-refractivity contribution < 1.29 is 19.0 Å². The van der Waals surface area contributed by atoms with Crippen LogP contribution in [0.5, 0.6) is 5.75 Å². The first-order chi connectivity index (χ1) is 19.5. The van der Waals surface area contributed by atoms with Crippen LogP contribution in [0.25, 0.3) is 11.3 Å². The smallest absolute Gasteiger partial charge is 0.314 e. The van der Waals surface area contributed by atoms with Crippen LogP contribution >= 0.6 is 0 Å². The molecule has 0 amide bonds. The van der Waals surface area contributed by atoms with Crippen LogP contribution in [-0.2, 0) is 33.8 Å². The van der Waals surface area contributed by atoms with E-state index < -0.39 is 5.41 Å². The van der Waals surface area contributed by atoms with Gasteiger partial charge in [0.1, 0.15) is 18.2 Å². The maximum Gasteiger partial charge on any atom is 0.314 e. The molecule has 7 heteroatoms. The zero-order valence-corrected chi connectivity index (χ0v) is 24.0. The van der Waals surface area contributed by atoms with Gasteiger partial charge >= 0.3 is 5.97 Å². The number of nitrogens with zero attached hydrogens (tertiary/aromatic N) is 2. The van der Waals surface area contributed by atoms with Crippen molar-refractivity contribution in [2.45, 2.75) is 52.8 Å². The maximum absolute atomic E-state index is 12.8. The summed E-state index contributed by atoms with van der Waals surface area (Å²) in [5.41, 5.74) is 7.75. The van der Waals surface area contributed by atoms with Crippen molar-refractivity contribution in [3.05, 3.63) is 76.3 Å². The number of ether oxygens (including phenoxy) is 3. The van der Waals surface area contributed by atoms with Gasteiger partial charge in [-0.2, -0.15) is 0 Å². The molecule has 1 aromatic heterocycles. The predicted molar refractivity (Wildman–Crippen MR) is 156 cm³/mol. The number of para-hydroxylation sites is 1. The number of rotatable bonds is 9. The standard InChI is InChI=1S/C33H39N3O4/c1-5-39-20-29-33(32(37)38-4)16-25(33)18-36(29)30-11-7-10-28(35-30)26-9-6-8-21(2)31(26)40-19-23-14-22(3)27-17-34-13-12-24(27)15-23/h6-11,14-15,25,29,34H,5,12-13,16-20H2,1-4H3/t25-,29-,33+/m0/s1. The molecule has 3 aromatic rings. The molecular weight excluding hydrogens is 502 g/mol. The van der Waals surface area contributed by atoms with E-state index in [0.29, 0.717) is 19.8 Å². The summed E-state index contributed by atoms with van der Waals surface area (Å²) in [6, 6.07) is 16.8. The molecule has 40 heavy (non-hydrogen) atoms. The van der Waals surface area contributed by atoms with E-state index >= 15 is 0 Å². The predicted octanol–water partition coefficient (Wildman–Crippen LogP) is 4.99. The van der Waals surface area contributed by atoms with E-state index in [1.54, 1.807) is 0 Å². The largest absolute Gasteiger partial charge is 0.488 e. The zero-order valence-electron chi connectivity index (χ0n) is 24.0. The number of nitrogens with one attached hydrogen (secondary N) is 1. The highest BCUT2D eigenvalue weighted by atomic mass is 16.5. The molecule has 210 valence electrons. The van der Waals surface area contributed by atoms with Crippen molar-refractivity contribution >= 4 is 11.8 Å². The number of esters is 1. The van der Waals surface area contributed by atoms with Crippen molar-refractivity contribution in [1.82, 2.24) is 10.3 Å². The lowest BCUT2D eigenvalue weighted by molar-refractivity contribution is -0.148. The maximum atomic E-state index is 12.8. The molecule has 2 aromatic carbocycles. The fourth-order valence-corrected chi connectivity index (χ4v) is 6.83. The van der Waals surface area contributed by atoms with Gasteiger partial charge in [-0.25, -0.2) is 4.98 Å². The minimum atomic E-state index is -0.498. The molecule has 1 N–H and O–H groups in total. The summed E-state index contributed by atoms with van der Waals surface area (Å²) < 4.78 is 17.6. The van der Waals surface area contributed by atoms with Gasteiger partial charge in [0, 0.05) is 25.3 Å². The highest BCUT2D eigenvalue weighted by molar-refractivity contribution is 5.84. The Kier molecular flexibility index (Phi) is 7.27. The number of pyridine rings is 1. The molecular formula is C33H39N3O4. The minimum Gasteiger partial charge on any atom is -0.488 e. The number of piperidine rings is 1. The van der Waals surface area contributed by atoms with Gasteiger partial charge in [-0.05, 0) is 92.1 Å². The molecule has 0 bridgehead atoms. The van der Waals surface area contributed by atoms with Gasteiger partial charge in [0.15, 0.2) is 0 Å². The van der Waals surface area contributed by atoms with Crippen molar-refractivity contribution in [3.63, 3.8) is 0 Å². The molecule has 1 saturated heterocycles. The Morgan fingerprint density at radius 2 is 2.00 bits per heavy atom. The number of aryl methyl sites for hydroxylation is 2. The second-order valence-electron chi connectivity index (χ2n) is 11.4. The van der Waals surface area contributed by atoms with Crippen LogP contribution in [0.2, 0.25) is 0 Å². The third-order valence-corrected chi connectivity index (χ3v) is 8.98. The van der Waals surface area contributed by atoms with E-state index in [-0.39, 0.29) is 17.9 Å². The Labute approximate surface area is 236 Å². The zero-order chi connectivity index (χ0) is 27.9. The molecule has 3 atom stereocenters. The Hall–Kier alpha value is -3.42. The summed E-state index contributed by atoms with van der Waals surface area (Å²) in [6.07, 6.45) is 1.90. The van der Waals surface area contributed by atoms with E-state index in [4.69, 9.17) is 19.2 Å². The van der Waals surface area contributed by atoms with E-state index in [2.05, 4.69) is 54.4 Å². The number of hydrogen-bond acceptors (Lipinski definition) is 7. The number of carbonyl (C=O) groups is 1. The van der Waals surface area contributed by atoms with Crippen molar-refractivity contribution in [2.75, 3.05) is 38.3 Å². The molecule has 2 aliphatic heterocycles. The lowest BCUT2D eigenvalue weighted by Crippen LogP contribution is -2.44. The van der Waals surface area contributed by atoms with Gasteiger partial charge < -0.3 is 24.4 Å².